The van der Waals surface area contributed by atoms with Crippen LogP contribution in [0.15, 0.2) is 48.7 Å². The van der Waals surface area contributed by atoms with Gasteiger partial charge in [0.2, 0.25) is 0 Å². The first-order valence-corrected chi connectivity index (χ1v) is 7.64. The van der Waals surface area contributed by atoms with Gasteiger partial charge in [0.25, 0.3) is 0 Å². The fraction of sp³-hybridized carbons (Fsp3) is 0.222. The van der Waals surface area contributed by atoms with Crippen LogP contribution in [-0.2, 0) is 6.54 Å². The largest absolute Gasteiger partial charge is 0.486 e. The molecular formula is C18H17FN2O2. The molecule has 0 bridgehead atoms. The lowest BCUT2D eigenvalue weighted by atomic mass is 10.1. The number of rotatable bonds is 4. The van der Waals surface area contributed by atoms with E-state index in [0.717, 1.165) is 28.0 Å². The molecule has 3 aromatic rings. The third-order valence-corrected chi connectivity index (χ3v) is 3.98. The van der Waals surface area contributed by atoms with E-state index in [1.807, 2.05) is 30.5 Å². The summed E-state index contributed by atoms with van der Waals surface area (Å²) in [4.78, 5) is 3.15. The number of halogens is 1. The molecule has 0 amide bonds. The molecule has 0 aliphatic carbocycles. The van der Waals surface area contributed by atoms with Crippen molar-refractivity contribution >= 4 is 10.9 Å². The smallest absolute Gasteiger partial charge is 0.161 e. The molecule has 1 aliphatic rings. The zero-order valence-electron chi connectivity index (χ0n) is 12.5. The summed E-state index contributed by atoms with van der Waals surface area (Å²) in [5.41, 5.74) is 1.98. The van der Waals surface area contributed by atoms with Crippen LogP contribution in [-0.4, -0.2) is 24.2 Å². The Hall–Kier alpha value is -2.53. The number of nitrogens with one attached hydrogen (secondary N) is 2. The number of ether oxygens (including phenoxy) is 2. The van der Waals surface area contributed by atoms with Crippen molar-refractivity contribution in [1.29, 1.82) is 0 Å². The minimum atomic E-state index is -0.223. The maximum atomic E-state index is 13.4. The van der Waals surface area contributed by atoms with Gasteiger partial charge in [-0.2, -0.15) is 0 Å². The maximum absolute atomic E-state index is 13.4. The summed E-state index contributed by atoms with van der Waals surface area (Å²) in [5, 5.41) is 4.26. The van der Waals surface area contributed by atoms with E-state index in [0.29, 0.717) is 19.7 Å². The molecule has 0 unspecified atom stereocenters. The highest BCUT2D eigenvalue weighted by atomic mass is 19.1. The first kappa shape index (κ1) is 14.1. The van der Waals surface area contributed by atoms with E-state index in [1.165, 1.54) is 6.07 Å². The summed E-state index contributed by atoms with van der Waals surface area (Å²) in [6.45, 7) is 1.83. The number of hydrogen-bond donors (Lipinski definition) is 2. The van der Waals surface area contributed by atoms with Crippen molar-refractivity contribution in [2.75, 3.05) is 13.2 Å². The first-order chi connectivity index (χ1) is 11.3. The number of aromatic amines is 1. The van der Waals surface area contributed by atoms with Gasteiger partial charge in [-0.05, 0) is 35.9 Å². The van der Waals surface area contributed by atoms with Gasteiger partial charge in [0.15, 0.2) is 11.5 Å². The number of H-pyrrole nitrogens is 1. The minimum absolute atomic E-state index is 0.0353. The zero-order chi connectivity index (χ0) is 15.6. The standard InChI is InChI=1S/C18H17FN2O2/c19-13-5-6-16-15(7-13)12(9-21-16)8-20-10-14-11-22-17-3-1-2-4-18(17)23-14/h1-7,9,14,20-21H,8,10-11H2/t14-/m0/s1. The predicted molar refractivity (Wildman–Crippen MR) is 86.3 cm³/mol. The van der Waals surface area contributed by atoms with Gasteiger partial charge in [-0.3, -0.25) is 0 Å². The molecule has 23 heavy (non-hydrogen) atoms. The molecule has 0 spiro atoms. The Morgan fingerprint density at radius 1 is 1.17 bits per heavy atom. The van der Waals surface area contributed by atoms with Crippen molar-refractivity contribution < 1.29 is 13.9 Å². The van der Waals surface area contributed by atoms with E-state index < -0.39 is 0 Å². The van der Waals surface area contributed by atoms with E-state index in [1.54, 1.807) is 12.1 Å². The third-order valence-electron chi connectivity index (χ3n) is 3.98. The van der Waals surface area contributed by atoms with Gasteiger partial charge < -0.3 is 19.8 Å². The lowest BCUT2D eigenvalue weighted by molar-refractivity contribution is 0.0902. The van der Waals surface area contributed by atoms with Gasteiger partial charge in [-0.25, -0.2) is 4.39 Å². The predicted octanol–water partition coefficient (Wildman–Crippen LogP) is 3.24. The Morgan fingerprint density at radius 2 is 2.04 bits per heavy atom. The van der Waals surface area contributed by atoms with Crippen LogP contribution >= 0.6 is 0 Å². The first-order valence-electron chi connectivity index (χ1n) is 7.64. The van der Waals surface area contributed by atoms with Crippen molar-refractivity contribution in [2.45, 2.75) is 12.6 Å². The SMILES string of the molecule is Fc1ccc2[nH]cc(CNC[C@H]3COc4ccccc4O3)c2c1. The van der Waals surface area contributed by atoms with Crippen LogP contribution in [0.4, 0.5) is 4.39 Å². The maximum Gasteiger partial charge on any atom is 0.161 e. The Morgan fingerprint density at radius 3 is 2.96 bits per heavy atom. The number of benzene rings is 2. The van der Waals surface area contributed by atoms with Crippen molar-refractivity contribution in [2.24, 2.45) is 0 Å². The molecule has 1 atom stereocenters. The van der Waals surface area contributed by atoms with Crippen LogP contribution in [0.25, 0.3) is 10.9 Å². The summed E-state index contributed by atoms with van der Waals surface area (Å²) in [7, 11) is 0. The van der Waals surface area contributed by atoms with Crippen molar-refractivity contribution in [3.63, 3.8) is 0 Å². The molecule has 0 fully saturated rings. The molecule has 0 radical (unpaired) electrons. The van der Waals surface area contributed by atoms with Crippen LogP contribution in [0.1, 0.15) is 5.56 Å². The number of aromatic nitrogens is 1. The second-order valence-electron chi connectivity index (χ2n) is 5.63. The van der Waals surface area contributed by atoms with Crippen molar-refractivity contribution in [1.82, 2.24) is 10.3 Å². The lowest BCUT2D eigenvalue weighted by Crippen LogP contribution is -2.38. The molecule has 2 heterocycles. The van der Waals surface area contributed by atoms with Gasteiger partial charge in [-0.1, -0.05) is 12.1 Å². The summed E-state index contributed by atoms with van der Waals surface area (Å²) < 4.78 is 25.0. The average Bonchev–Trinajstić information content (AvgIpc) is 2.97. The van der Waals surface area contributed by atoms with E-state index in [9.17, 15) is 4.39 Å². The number of para-hydroxylation sites is 2. The molecule has 0 saturated heterocycles. The highest BCUT2D eigenvalue weighted by molar-refractivity contribution is 5.83. The molecule has 5 heteroatoms. The summed E-state index contributed by atoms with van der Waals surface area (Å²) in [5.74, 6) is 1.34. The summed E-state index contributed by atoms with van der Waals surface area (Å²) >= 11 is 0. The van der Waals surface area contributed by atoms with Crippen LogP contribution in [0.5, 0.6) is 11.5 Å². The Balaban J connectivity index is 1.38. The van der Waals surface area contributed by atoms with Crippen molar-refractivity contribution in [3.8, 4) is 11.5 Å². The highest BCUT2D eigenvalue weighted by Gasteiger charge is 2.20. The molecule has 4 nitrogen and oxygen atoms in total. The van der Waals surface area contributed by atoms with Gasteiger partial charge in [0.05, 0.1) is 0 Å². The van der Waals surface area contributed by atoms with Crippen LogP contribution < -0.4 is 14.8 Å². The average molecular weight is 312 g/mol. The monoisotopic (exact) mass is 312 g/mol. The topological polar surface area (TPSA) is 46.3 Å². The second-order valence-corrected chi connectivity index (χ2v) is 5.63. The molecule has 1 aromatic heterocycles. The highest BCUT2D eigenvalue weighted by Crippen LogP contribution is 2.30. The third kappa shape index (κ3) is 2.87. The van der Waals surface area contributed by atoms with Gasteiger partial charge in [0.1, 0.15) is 18.5 Å². The molecular weight excluding hydrogens is 295 g/mol. The molecule has 2 N–H and O–H groups in total. The van der Waals surface area contributed by atoms with E-state index in [2.05, 4.69) is 10.3 Å². The van der Waals surface area contributed by atoms with Gasteiger partial charge >= 0.3 is 0 Å². The van der Waals surface area contributed by atoms with E-state index >= 15 is 0 Å². The number of fused-ring (bicyclic) bond motifs is 2. The van der Waals surface area contributed by atoms with Crippen LogP contribution in [0.2, 0.25) is 0 Å². The normalized spacial score (nSPS) is 16.7. The number of hydrogen-bond acceptors (Lipinski definition) is 3. The quantitative estimate of drug-likeness (QED) is 0.777. The minimum Gasteiger partial charge on any atom is -0.486 e. The fourth-order valence-electron chi connectivity index (χ4n) is 2.83. The molecule has 0 saturated carbocycles. The van der Waals surface area contributed by atoms with Gasteiger partial charge in [0, 0.05) is 30.2 Å². The summed E-state index contributed by atoms with van der Waals surface area (Å²) in [6.07, 6.45) is 1.87. The Kier molecular flexibility index (Phi) is 3.63. The lowest BCUT2D eigenvalue weighted by Gasteiger charge is -2.26. The van der Waals surface area contributed by atoms with Gasteiger partial charge in [-0.15, -0.1) is 0 Å². The second kappa shape index (κ2) is 5.93. The van der Waals surface area contributed by atoms with Crippen molar-refractivity contribution in [3.05, 3.63) is 60.0 Å². The Bertz CT molecular complexity index is 831. The molecule has 118 valence electrons. The fourth-order valence-corrected chi connectivity index (χ4v) is 2.83. The molecule has 2 aromatic carbocycles. The van der Waals surface area contributed by atoms with E-state index in [-0.39, 0.29) is 11.9 Å². The van der Waals surface area contributed by atoms with Crippen LogP contribution in [0, 0.1) is 5.82 Å². The molecule has 1 aliphatic heterocycles. The van der Waals surface area contributed by atoms with Crippen LogP contribution in [0.3, 0.4) is 0 Å². The molecule has 4 rings (SSSR count). The summed E-state index contributed by atoms with van der Waals surface area (Å²) in [6, 6.07) is 12.4. The Labute approximate surface area is 133 Å². The zero-order valence-corrected chi connectivity index (χ0v) is 12.5. The van der Waals surface area contributed by atoms with E-state index in [4.69, 9.17) is 9.47 Å².